The first-order chi connectivity index (χ1) is 11.1. The third-order valence-corrected chi connectivity index (χ3v) is 3.82. The van der Waals surface area contributed by atoms with Crippen LogP contribution in [0.25, 0.3) is 0 Å². The van der Waals surface area contributed by atoms with Crippen molar-refractivity contribution in [2.45, 2.75) is 19.5 Å². The van der Waals surface area contributed by atoms with E-state index in [4.69, 9.17) is 9.47 Å². The summed E-state index contributed by atoms with van der Waals surface area (Å²) in [5.74, 6) is 1.38. The summed E-state index contributed by atoms with van der Waals surface area (Å²) >= 11 is 0. The molecule has 0 heterocycles. The number of methoxy groups -OCH3 is 2. The Labute approximate surface area is 149 Å². The number of nitrogens with zero attached hydrogens (tertiary/aromatic N) is 1. The predicted molar refractivity (Wildman–Crippen MR) is 98.1 cm³/mol. The molecule has 1 unspecified atom stereocenters. The lowest BCUT2D eigenvalue weighted by molar-refractivity contribution is -0.122. The summed E-state index contributed by atoms with van der Waals surface area (Å²) < 4.78 is 10.6. The number of halogens is 1. The van der Waals surface area contributed by atoms with Crippen LogP contribution in [0.5, 0.6) is 11.5 Å². The molecule has 0 fully saturated rings. The van der Waals surface area contributed by atoms with Crippen LogP contribution in [-0.2, 0) is 11.3 Å². The van der Waals surface area contributed by atoms with Crippen molar-refractivity contribution in [1.82, 2.24) is 4.90 Å². The quantitative estimate of drug-likeness (QED) is 0.760. The summed E-state index contributed by atoms with van der Waals surface area (Å²) in [5.41, 5.74) is 2.07. The lowest BCUT2D eigenvalue weighted by Crippen LogP contribution is -2.29. The molecular formula is C19H24ClNO3. The van der Waals surface area contributed by atoms with Crippen molar-refractivity contribution in [3.05, 3.63) is 59.7 Å². The SMILES string of the molecule is COc1ccc(C(C(C)=O)N(C)Cc2ccccc2)cc1OC.Cl. The van der Waals surface area contributed by atoms with Gasteiger partial charge in [-0.1, -0.05) is 36.4 Å². The smallest absolute Gasteiger partial charge is 0.161 e. The molecule has 0 aliphatic heterocycles. The van der Waals surface area contributed by atoms with Gasteiger partial charge in [-0.15, -0.1) is 12.4 Å². The van der Waals surface area contributed by atoms with Gasteiger partial charge in [0, 0.05) is 6.54 Å². The second kappa shape index (κ2) is 9.30. The number of rotatable bonds is 7. The summed E-state index contributed by atoms with van der Waals surface area (Å²) in [6, 6.07) is 15.4. The maximum absolute atomic E-state index is 12.2. The van der Waals surface area contributed by atoms with Gasteiger partial charge >= 0.3 is 0 Å². The van der Waals surface area contributed by atoms with Gasteiger partial charge in [0.05, 0.1) is 20.3 Å². The van der Waals surface area contributed by atoms with Crippen molar-refractivity contribution in [1.29, 1.82) is 0 Å². The molecule has 24 heavy (non-hydrogen) atoms. The molecule has 0 aliphatic carbocycles. The molecule has 4 nitrogen and oxygen atoms in total. The molecule has 130 valence electrons. The van der Waals surface area contributed by atoms with Gasteiger partial charge in [-0.3, -0.25) is 9.69 Å². The molecule has 0 spiro atoms. The number of carbonyl (C=O) groups is 1. The summed E-state index contributed by atoms with van der Waals surface area (Å²) in [5, 5.41) is 0. The van der Waals surface area contributed by atoms with Gasteiger partial charge in [-0.2, -0.15) is 0 Å². The van der Waals surface area contributed by atoms with Gasteiger partial charge in [0.15, 0.2) is 17.3 Å². The molecule has 0 N–H and O–H groups in total. The normalized spacial score (nSPS) is 11.5. The number of hydrogen-bond acceptors (Lipinski definition) is 4. The van der Waals surface area contributed by atoms with Crippen molar-refractivity contribution in [3.8, 4) is 11.5 Å². The zero-order valence-corrected chi connectivity index (χ0v) is 15.3. The average Bonchev–Trinajstić information content (AvgIpc) is 2.55. The van der Waals surface area contributed by atoms with E-state index in [0.717, 1.165) is 5.56 Å². The molecule has 2 aromatic carbocycles. The third kappa shape index (κ3) is 4.73. The van der Waals surface area contributed by atoms with E-state index in [1.54, 1.807) is 21.1 Å². The van der Waals surface area contributed by atoms with Crippen molar-refractivity contribution >= 4 is 18.2 Å². The van der Waals surface area contributed by atoms with E-state index in [1.165, 1.54) is 5.56 Å². The van der Waals surface area contributed by atoms with Crippen LogP contribution in [0.1, 0.15) is 24.1 Å². The van der Waals surface area contributed by atoms with Crippen molar-refractivity contribution in [2.24, 2.45) is 0 Å². The molecule has 0 radical (unpaired) electrons. The fourth-order valence-corrected chi connectivity index (χ4v) is 2.79. The standard InChI is InChI=1S/C19H23NO3.ClH/c1-14(21)19(20(2)13-15-8-6-5-7-9-15)16-10-11-17(22-3)18(12-16)23-4;/h5-12,19H,13H2,1-4H3;1H. The van der Waals surface area contributed by atoms with Crippen LogP contribution >= 0.6 is 12.4 Å². The van der Waals surface area contributed by atoms with Crippen molar-refractivity contribution in [3.63, 3.8) is 0 Å². The van der Waals surface area contributed by atoms with Gasteiger partial charge in [0.1, 0.15) is 0 Å². The van der Waals surface area contributed by atoms with Crippen LogP contribution < -0.4 is 9.47 Å². The van der Waals surface area contributed by atoms with Crippen LogP contribution in [0.4, 0.5) is 0 Å². The molecule has 0 aliphatic rings. The lowest BCUT2D eigenvalue weighted by atomic mass is 10.0. The van der Waals surface area contributed by atoms with Crippen LogP contribution in [0.3, 0.4) is 0 Å². The Morgan fingerprint density at radius 2 is 1.67 bits per heavy atom. The molecule has 1 atom stereocenters. The summed E-state index contributed by atoms with van der Waals surface area (Å²) in [6.45, 7) is 2.31. The second-order valence-electron chi connectivity index (χ2n) is 5.53. The predicted octanol–water partition coefficient (Wildman–Crippen LogP) is 3.89. The van der Waals surface area contributed by atoms with E-state index in [0.29, 0.717) is 18.0 Å². The Hall–Kier alpha value is -2.04. The summed E-state index contributed by atoms with van der Waals surface area (Å²) in [6.07, 6.45) is 0. The average molecular weight is 350 g/mol. The number of ether oxygens (including phenoxy) is 2. The molecule has 0 bridgehead atoms. The highest BCUT2D eigenvalue weighted by Gasteiger charge is 2.23. The first-order valence-electron chi connectivity index (χ1n) is 7.53. The van der Waals surface area contributed by atoms with Gasteiger partial charge in [-0.05, 0) is 37.2 Å². The highest BCUT2D eigenvalue weighted by Crippen LogP contribution is 2.32. The van der Waals surface area contributed by atoms with E-state index in [2.05, 4.69) is 12.1 Å². The lowest BCUT2D eigenvalue weighted by Gasteiger charge is -2.27. The largest absolute Gasteiger partial charge is 0.493 e. The summed E-state index contributed by atoms with van der Waals surface area (Å²) in [4.78, 5) is 14.3. The minimum atomic E-state index is -0.324. The third-order valence-electron chi connectivity index (χ3n) is 3.82. The number of likely N-dealkylation sites (N-methyl/N-ethyl adjacent to an activating group) is 1. The van der Waals surface area contributed by atoms with Crippen LogP contribution in [0.15, 0.2) is 48.5 Å². The Kier molecular flexibility index (Phi) is 7.75. The minimum Gasteiger partial charge on any atom is -0.493 e. The Bertz CT molecular complexity index is 661. The van der Waals surface area contributed by atoms with Gasteiger partial charge in [0.25, 0.3) is 0 Å². The maximum Gasteiger partial charge on any atom is 0.161 e. The van der Waals surface area contributed by atoms with Crippen LogP contribution in [-0.4, -0.2) is 32.0 Å². The molecular weight excluding hydrogens is 326 g/mol. The number of benzene rings is 2. The fourth-order valence-electron chi connectivity index (χ4n) is 2.79. The number of ketones is 1. The van der Waals surface area contributed by atoms with E-state index < -0.39 is 0 Å². The zero-order valence-electron chi connectivity index (χ0n) is 14.5. The number of Topliss-reactive ketones (excluding diaryl/α,β-unsaturated/α-hetero) is 1. The highest BCUT2D eigenvalue weighted by atomic mass is 35.5. The maximum atomic E-state index is 12.2. The van der Waals surface area contributed by atoms with Crippen molar-refractivity contribution in [2.75, 3.05) is 21.3 Å². The fraction of sp³-hybridized carbons (Fsp3) is 0.316. The Balaban J connectivity index is 0.00000288. The monoisotopic (exact) mass is 349 g/mol. The number of carbonyl (C=O) groups excluding carboxylic acids is 1. The molecule has 0 aromatic heterocycles. The van der Waals surface area contributed by atoms with Crippen LogP contribution in [0, 0.1) is 0 Å². The van der Waals surface area contributed by atoms with Crippen LogP contribution in [0.2, 0.25) is 0 Å². The zero-order chi connectivity index (χ0) is 16.8. The highest BCUT2D eigenvalue weighted by molar-refractivity contribution is 5.85. The van der Waals surface area contributed by atoms with E-state index in [9.17, 15) is 4.79 Å². The summed E-state index contributed by atoms with van der Waals surface area (Å²) in [7, 11) is 5.15. The molecule has 0 saturated carbocycles. The second-order valence-corrected chi connectivity index (χ2v) is 5.53. The first kappa shape index (κ1) is 20.0. The number of hydrogen-bond donors (Lipinski definition) is 0. The van der Waals surface area contributed by atoms with Gasteiger partial charge < -0.3 is 9.47 Å². The van der Waals surface area contributed by atoms with E-state index in [1.807, 2.05) is 48.3 Å². The minimum absolute atomic E-state index is 0. The van der Waals surface area contributed by atoms with E-state index >= 15 is 0 Å². The van der Waals surface area contributed by atoms with Gasteiger partial charge in [0.2, 0.25) is 0 Å². The molecule has 0 saturated heterocycles. The molecule has 0 amide bonds. The molecule has 2 aromatic rings. The molecule has 5 heteroatoms. The molecule has 2 rings (SSSR count). The van der Waals surface area contributed by atoms with E-state index in [-0.39, 0.29) is 24.2 Å². The van der Waals surface area contributed by atoms with Crippen molar-refractivity contribution < 1.29 is 14.3 Å². The topological polar surface area (TPSA) is 38.8 Å². The first-order valence-corrected chi connectivity index (χ1v) is 7.53. The Morgan fingerprint density at radius 1 is 1.04 bits per heavy atom. The van der Waals surface area contributed by atoms with Gasteiger partial charge in [-0.25, -0.2) is 0 Å². The Morgan fingerprint density at radius 3 is 2.21 bits per heavy atom.